The molecule has 0 spiro atoms. The summed E-state index contributed by atoms with van der Waals surface area (Å²) in [4.78, 5) is 43.2. The predicted octanol–water partition coefficient (Wildman–Crippen LogP) is 6.75. The van der Waals surface area contributed by atoms with E-state index in [9.17, 15) is 22.8 Å². The Morgan fingerprint density at radius 3 is 2.54 bits per heavy atom. The van der Waals surface area contributed by atoms with E-state index in [1.807, 2.05) is 13.8 Å². The number of amides is 2. The number of carbonyl (C=O) groups is 2. The zero-order valence-electron chi connectivity index (χ0n) is 36.8. The highest BCUT2D eigenvalue weighted by Crippen LogP contribution is 2.40. The molecule has 0 aromatic carbocycles. The number of fused-ring (bicyclic) bond motifs is 2. The van der Waals surface area contributed by atoms with Crippen molar-refractivity contribution in [3.63, 3.8) is 0 Å². The van der Waals surface area contributed by atoms with Gasteiger partial charge in [-0.3, -0.25) is 14.5 Å². The lowest BCUT2D eigenvalue weighted by Crippen LogP contribution is -2.39. The lowest BCUT2D eigenvalue weighted by atomic mass is 10.0. The van der Waals surface area contributed by atoms with Gasteiger partial charge in [0.05, 0.1) is 41.1 Å². The van der Waals surface area contributed by atoms with Crippen molar-refractivity contribution in [2.45, 2.75) is 108 Å². The van der Waals surface area contributed by atoms with Gasteiger partial charge in [-0.05, 0) is 53.4 Å². The first-order valence-electron chi connectivity index (χ1n) is 21.8. The van der Waals surface area contributed by atoms with E-state index in [0.29, 0.717) is 46.2 Å². The molecule has 1 saturated heterocycles. The number of anilines is 4. The first kappa shape index (κ1) is 44.4. The fourth-order valence-corrected chi connectivity index (χ4v) is 8.33. The van der Waals surface area contributed by atoms with Crippen molar-refractivity contribution in [1.29, 1.82) is 0 Å². The van der Waals surface area contributed by atoms with E-state index in [2.05, 4.69) is 56.6 Å². The van der Waals surface area contributed by atoms with Gasteiger partial charge in [-0.2, -0.15) is 23.4 Å². The number of imidazole rings is 1. The highest BCUT2D eigenvalue weighted by Gasteiger charge is 2.45. The standard InChI is InChI=1S/C43H44F5N15O5/c1-20(2)51-40(64)67-29-6-5-23(35(29)44)24-15-34(55-38-28-17-31(43(46,47)48)60-62(28)12-11-50-38)63(59-24)22-7-10-49-25(13-22)26-16-33-52-21(3)18-61(33)39(53-26)54-32-14-27(57-58-32)37-36(45)30(19-66-37)68-41(65)56-42(4)8-9-42/h7,10-18,20,23,29-30,35-37H,5-6,8-9,19H2,1-4H3,(H5,49,50,51,52,53,54,55,56,57,58,59,60,64,65)/p+1/t23-,29-,30+,35-,36+,37+/m1/s1. The Labute approximate surface area is 382 Å². The van der Waals surface area contributed by atoms with Crippen molar-refractivity contribution in [1.82, 2.24) is 59.9 Å². The smallest absolute Gasteiger partial charge is 0.435 e. The fourth-order valence-electron chi connectivity index (χ4n) is 8.33. The van der Waals surface area contributed by atoms with E-state index in [1.165, 1.54) is 18.6 Å². The summed E-state index contributed by atoms with van der Waals surface area (Å²) < 4.78 is 93.8. The van der Waals surface area contributed by atoms with Crippen LogP contribution in [0.15, 0.2) is 61.2 Å². The van der Waals surface area contributed by atoms with Crippen molar-refractivity contribution in [2.75, 3.05) is 17.2 Å². The topological polar surface area (TPSA) is 232 Å². The molecule has 356 valence electrons. The SMILES string of the molecule is Cc1cn2c(Nc3cc([C@@H]4OC[C@H](OC(=O)NC5(C)CC5)[C@@H]4F)[nH]n3)nc(-c3cc(-[n+]4[nH]c([C@H]5CC[C@@H](OC(=O)NC(C)C)[C@@H]5F)cc4Nc4nccn5nc(C(F)(F)F)cc45)ccn3)cc2n1. The number of alkyl halides is 5. The number of aryl methyl sites for hydroxylation is 1. The number of H-pyrrole nitrogens is 2. The summed E-state index contributed by atoms with van der Waals surface area (Å²) in [5.41, 5.74) is 1.60. The van der Waals surface area contributed by atoms with Crippen LogP contribution in [0.1, 0.15) is 81.3 Å². The lowest BCUT2D eigenvalue weighted by Gasteiger charge is -2.18. The molecule has 2 amide bonds. The van der Waals surface area contributed by atoms with Gasteiger partial charge in [0, 0.05) is 72.6 Å². The number of nitrogens with one attached hydrogen (secondary N) is 6. The average Bonchev–Trinajstić information content (AvgIpc) is 3.99. The average molecular weight is 947 g/mol. The third-order valence-electron chi connectivity index (χ3n) is 12.0. The molecule has 3 fully saturated rings. The quantitative estimate of drug-likeness (QED) is 0.0551. The van der Waals surface area contributed by atoms with Gasteiger partial charge >= 0.3 is 24.2 Å². The number of aromatic nitrogens is 11. The monoisotopic (exact) mass is 946 g/mol. The van der Waals surface area contributed by atoms with Gasteiger partial charge in [-0.25, -0.2) is 48.3 Å². The Hall–Kier alpha value is -7.44. The molecular formula is C43H45F5N15O5+. The van der Waals surface area contributed by atoms with E-state index in [-0.39, 0.29) is 53.5 Å². The predicted molar refractivity (Wildman–Crippen MR) is 230 cm³/mol. The second-order valence-electron chi connectivity index (χ2n) is 17.7. The fraction of sp³-hybridized carbons (Fsp3) is 0.419. The molecule has 68 heavy (non-hydrogen) atoms. The van der Waals surface area contributed by atoms with Gasteiger partial charge in [0.2, 0.25) is 11.8 Å². The van der Waals surface area contributed by atoms with Crippen LogP contribution >= 0.6 is 0 Å². The number of pyridine rings is 1. The molecule has 0 radical (unpaired) electrons. The summed E-state index contributed by atoms with van der Waals surface area (Å²) in [6.45, 7) is 7.07. The largest absolute Gasteiger partial charge is 0.443 e. The minimum Gasteiger partial charge on any atom is -0.443 e. The van der Waals surface area contributed by atoms with Crippen LogP contribution in [0.2, 0.25) is 0 Å². The Kier molecular flexibility index (Phi) is 11.1. The second kappa shape index (κ2) is 17.0. The highest BCUT2D eigenvalue weighted by atomic mass is 19.4. The molecule has 7 aromatic rings. The van der Waals surface area contributed by atoms with Crippen LogP contribution in [0.4, 0.5) is 54.9 Å². The molecule has 10 rings (SSSR count). The van der Waals surface area contributed by atoms with Crippen LogP contribution in [0.5, 0.6) is 0 Å². The summed E-state index contributed by atoms with van der Waals surface area (Å²) in [5.74, 6) is 0.0597. The molecule has 20 nitrogen and oxygen atoms in total. The molecule has 2 saturated carbocycles. The van der Waals surface area contributed by atoms with Gasteiger partial charge < -0.3 is 30.2 Å². The molecule has 0 bridgehead atoms. The second-order valence-corrected chi connectivity index (χ2v) is 17.7. The van der Waals surface area contributed by atoms with E-state index < -0.39 is 60.6 Å². The molecule has 25 heteroatoms. The molecule has 8 heterocycles. The highest BCUT2D eigenvalue weighted by molar-refractivity contribution is 5.72. The maximum atomic E-state index is 16.2. The third kappa shape index (κ3) is 8.91. The van der Waals surface area contributed by atoms with Crippen LogP contribution in [-0.4, -0.2) is 104 Å². The van der Waals surface area contributed by atoms with Gasteiger partial charge in [-0.1, -0.05) is 0 Å². The number of ether oxygens (including phenoxy) is 3. The van der Waals surface area contributed by atoms with Gasteiger partial charge in [0.15, 0.2) is 29.5 Å². The number of alkyl carbamates (subject to hydrolysis) is 2. The third-order valence-corrected chi connectivity index (χ3v) is 12.0. The van der Waals surface area contributed by atoms with Gasteiger partial charge in [-0.15, -0.1) is 4.68 Å². The maximum absolute atomic E-state index is 16.2. The van der Waals surface area contributed by atoms with Gasteiger partial charge in [0.25, 0.3) is 0 Å². The Morgan fingerprint density at radius 1 is 0.956 bits per heavy atom. The Bertz CT molecular complexity index is 3040. The minimum atomic E-state index is -4.72. The van der Waals surface area contributed by atoms with Crippen LogP contribution in [0, 0.1) is 6.92 Å². The van der Waals surface area contributed by atoms with Crippen LogP contribution in [0.25, 0.3) is 28.2 Å². The maximum Gasteiger partial charge on any atom is 0.435 e. The molecule has 0 unspecified atom stereocenters. The number of aromatic amines is 2. The lowest BCUT2D eigenvalue weighted by molar-refractivity contribution is -0.641. The number of halogens is 5. The zero-order valence-corrected chi connectivity index (χ0v) is 36.8. The van der Waals surface area contributed by atoms with Crippen LogP contribution in [-0.2, 0) is 20.4 Å². The Morgan fingerprint density at radius 2 is 1.76 bits per heavy atom. The van der Waals surface area contributed by atoms with E-state index in [0.717, 1.165) is 23.4 Å². The van der Waals surface area contributed by atoms with Crippen molar-refractivity contribution in [3.05, 3.63) is 84.0 Å². The summed E-state index contributed by atoms with van der Waals surface area (Å²) in [6.07, 6.45) is -4.59. The summed E-state index contributed by atoms with van der Waals surface area (Å²) in [5, 5.41) is 25.7. The summed E-state index contributed by atoms with van der Waals surface area (Å²) in [7, 11) is 0. The van der Waals surface area contributed by atoms with Crippen molar-refractivity contribution >= 4 is 46.8 Å². The van der Waals surface area contributed by atoms with E-state index in [4.69, 9.17) is 19.2 Å². The molecule has 7 aromatic heterocycles. The van der Waals surface area contributed by atoms with E-state index >= 15 is 8.78 Å². The van der Waals surface area contributed by atoms with Crippen LogP contribution in [0.3, 0.4) is 0 Å². The summed E-state index contributed by atoms with van der Waals surface area (Å²) in [6, 6.07) is 8.91. The number of hydrogen-bond acceptors (Lipinski definition) is 13. The number of hydrogen-bond donors (Lipinski definition) is 6. The molecule has 3 aliphatic rings. The number of carbonyl (C=O) groups excluding carboxylic acids is 2. The summed E-state index contributed by atoms with van der Waals surface area (Å²) >= 11 is 0. The molecule has 6 atom stereocenters. The molecule has 6 N–H and O–H groups in total. The normalized spacial score (nSPS) is 22.2. The molecule has 1 aliphatic heterocycles. The number of rotatable bonds is 12. The first-order chi connectivity index (χ1) is 32.5. The van der Waals surface area contributed by atoms with Crippen molar-refractivity contribution < 1.29 is 50.4 Å². The van der Waals surface area contributed by atoms with Gasteiger partial charge in [0.1, 0.15) is 29.5 Å². The van der Waals surface area contributed by atoms with E-state index in [1.54, 1.807) is 59.5 Å². The molecular weight excluding hydrogens is 902 g/mol. The number of nitrogens with zero attached hydrogens (tertiary/aromatic N) is 9. The van der Waals surface area contributed by atoms with Crippen molar-refractivity contribution in [2.24, 2.45) is 0 Å². The Balaban J connectivity index is 0.950. The molecule has 2 aliphatic carbocycles. The van der Waals surface area contributed by atoms with Crippen LogP contribution < -0.4 is 25.9 Å². The minimum absolute atomic E-state index is 0.0242. The first-order valence-corrected chi connectivity index (χ1v) is 21.8. The van der Waals surface area contributed by atoms with Crippen molar-refractivity contribution in [3.8, 4) is 17.1 Å². The zero-order chi connectivity index (χ0) is 47.6.